The van der Waals surface area contributed by atoms with E-state index < -0.39 is 36.2 Å². The van der Waals surface area contributed by atoms with Crippen molar-refractivity contribution in [2.45, 2.75) is 84.0 Å². The summed E-state index contributed by atoms with van der Waals surface area (Å²) in [4.78, 5) is 76.5. The highest BCUT2D eigenvalue weighted by atomic mass is 19.3. The third-order valence-electron chi connectivity index (χ3n) is 13.3. The van der Waals surface area contributed by atoms with Crippen LogP contribution < -0.4 is 16.0 Å². The molecule has 356 valence electrons. The minimum Gasteiger partial charge on any atom is -0.453 e. The fourth-order valence-electron chi connectivity index (χ4n) is 9.71. The second kappa shape index (κ2) is 19.2. The van der Waals surface area contributed by atoms with E-state index in [1.54, 1.807) is 73.5 Å². The van der Waals surface area contributed by atoms with Gasteiger partial charge in [0.15, 0.2) is 0 Å². The van der Waals surface area contributed by atoms with Gasteiger partial charge in [-0.1, -0.05) is 89.2 Å². The van der Waals surface area contributed by atoms with E-state index in [0.717, 1.165) is 17.5 Å². The smallest absolute Gasteiger partial charge is 0.407 e. The number of likely N-dealkylation sites (tertiary alicyclic amines) is 2. The summed E-state index contributed by atoms with van der Waals surface area (Å²) in [6.07, 6.45) is 2.21. The van der Waals surface area contributed by atoms with Crippen molar-refractivity contribution in [3.05, 3.63) is 108 Å². The Hall–Kier alpha value is -7.10. The number of nitrogens with one attached hydrogen (secondary N) is 4. The Morgan fingerprint density at radius 3 is 1.87 bits per heavy atom. The van der Waals surface area contributed by atoms with E-state index in [2.05, 4.69) is 25.9 Å². The van der Waals surface area contributed by atoms with Crippen molar-refractivity contribution in [1.82, 2.24) is 30.4 Å². The first-order valence-corrected chi connectivity index (χ1v) is 23.0. The van der Waals surface area contributed by atoms with Gasteiger partial charge in [-0.15, -0.1) is 0 Å². The van der Waals surface area contributed by atoms with Gasteiger partial charge in [-0.2, -0.15) is 8.78 Å². The van der Waals surface area contributed by atoms with Gasteiger partial charge < -0.3 is 40.2 Å². The summed E-state index contributed by atoms with van der Waals surface area (Å²) in [6, 6.07) is 21.9. The number of hydrogen-bond donors (Lipinski definition) is 4. The Morgan fingerprint density at radius 2 is 1.28 bits per heavy atom. The lowest BCUT2D eigenvalue weighted by atomic mass is 9.97. The molecule has 3 heterocycles. The minimum absolute atomic E-state index is 0.0412. The molecule has 2 saturated heterocycles. The Morgan fingerprint density at radius 1 is 0.735 bits per heavy atom. The molecule has 1 aliphatic carbocycles. The van der Waals surface area contributed by atoms with Crippen LogP contribution in [0.3, 0.4) is 0 Å². The van der Waals surface area contributed by atoms with Crippen molar-refractivity contribution in [1.29, 1.82) is 0 Å². The van der Waals surface area contributed by atoms with Crippen LogP contribution in [0.4, 0.5) is 24.1 Å². The fraction of sp³-hybridized carbons (Fsp3) is 0.385. The van der Waals surface area contributed by atoms with Gasteiger partial charge in [0.1, 0.15) is 23.9 Å². The molecule has 5 amide bonds. The van der Waals surface area contributed by atoms with Gasteiger partial charge in [0.2, 0.25) is 17.7 Å². The fourth-order valence-corrected chi connectivity index (χ4v) is 9.71. The lowest BCUT2D eigenvalue weighted by Crippen LogP contribution is -2.54. The molecule has 16 heteroatoms. The van der Waals surface area contributed by atoms with Crippen molar-refractivity contribution in [3.63, 3.8) is 0 Å². The van der Waals surface area contributed by atoms with Gasteiger partial charge in [-0.05, 0) is 101 Å². The van der Waals surface area contributed by atoms with Gasteiger partial charge in [0.25, 0.3) is 5.92 Å². The summed E-state index contributed by atoms with van der Waals surface area (Å²) in [5, 5.41) is 8.22. The van der Waals surface area contributed by atoms with Crippen molar-refractivity contribution >= 4 is 35.6 Å². The first-order valence-electron chi connectivity index (χ1n) is 23.0. The number of hydrogen-bond acceptors (Lipinski definition) is 8. The van der Waals surface area contributed by atoms with Gasteiger partial charge in [0, 0.05) is 35.5 Å². The molecule has 1 aromatic heterocycles. The molecule has 5 aromatic rings. The number of alkyl halides is 2. The highest BCUT2D eigenvalue weighted by Gasteiger charge is 2.45. The van der Waals surface area contributed by atoms with Crippen LogP contribution in [-0.4, -0.2) is 95.1 Å². The zero-order valence-corrected chi connectivity index (χ0v) is 39.2. The number of benzene rings is 4. The molecule has 2 unspecified atom stereocenters. The van der Waals surface area contributed by atoms with E-state index in [0.29, 0.717) is 71.0 Å². The Kier molecular flexibility index (Phi) is 13.4. The predicted octanol–water partition coefficient (Wildman–Crippen LogP) is 9.13. The van der Waals surface area contributed by atoms with Crippen LogP contribution in [-0.2, 0) is 29.8 Å². The molecule has 4 aromatic carbocycles. The van der Waals surface area contributed by atoms with Gasteiger partial charge in [0.05, 0.1) is 32.2 Å². The van der Waals surface area contributed by atoms with Crippen LogP contribution in [0.1, 0.15) is 76.9 Å². The summed E-state index contributed by atoms with van der Waals surface area (Å²) in [5.41, 5.74) is 5.11. The average molecular weight is 930 g/mol. The quantitative estimate of drug-likeness (QED) is 0.0958. The van der Waals surface area contributed by atoms with Crippen molar-refractivity contribution in [2.75, 3.05) is 32.6 Å². The van der Waals surface area contributed by atoms with E-state index in [9.17, 15) is 24.0 Å². The van der Waals surface area contributed by atoms with E-state index in [1.165, 1.54) is 25.2 Å². The Bertz CT molecular complexity index is 2760. The number of rotatable bonds is 12. The predicted molar refractivity (Wildman–Crippen MR) is 253 cm³/mol. The molecule has 14 nitrogen and oxygen atoms in total. The molecular formula is C52H57F2N7O7. The van der Waals surface area contributed by atoms with Gasteiger partial charge in [-0.25, -0.2) is 14.6 Å². The maximum Gasteiger partial charge on any atom is 0.407 e. The molecule has 68 heavy (non-hydrogen) atoms. The number of nitrogens with zero attached hydrogens (tertiary/aromatic N) is 3. The van der Waals surface area contributed by atoms with Crippen LogP contribution in [0.15, 0.2) is 91.1 Å². The number of alkyl carbamates (subject to hydrolysis) is 2. The summed E-state index contributed by atoms with van der Waals surface area (Å²) in [5.74, 6) is -4.04. The highest BCUT2D eigenvalue weighted by Crippen LogP contribution is 2.53. The molecule has 2 aliphatic heterocycles. The van der Waals surface area contributed by atoms with Crippen LogP contribution in [0.25, 0.3) is 44.6 Å². The van der Waals surface area contributed by atoms with Crippen molar-refractivity contribution in [3.8, 4) is 44.6 Å². The zero-order valence-electron chi connectivity index (χ0n) is 39.2. The number of fused-ring (bicyclic) bond motifs is 3. The van der Waals surface area contributed by atoms with E-state index >= 15 is 8.78 Å². The van der Waals surface area contributed by atoms with E-state index in [1.807, 2.05) is 51.1 Å². The molecule has 0 saturated carbocycles. The number of methoxy groups -OCH3 is 2. The number of anilines is 1. The number of aromatic nitrogens is 2. The lowest BCUT2D eigenvalue weighted by Gasteiger charge is -2.30. The lowest BCUT2D eigenvalue weighted by molar-refractivity contribution is -0.139. The number of amides is 5. The van der Waals surface area contributed by atoms with Gasteiger partial charge in [-0.3, -0.25) is 14.4 Å². The number of aromatic amines is 1. The number of ether oxygens (including phenoxy) is 2. The average Bonchev–Trinajstić information content (AvgIpc) is 4.15. The molecular weight excluding hydrogens is 873 g/mol. The second-order valence-electron chi connectivity index (χ2n) is 18.7. The normalized spacial score (nSPS) is 19.0. The first-order chi connectivity index (χ1) is 32.5. The monoisotopic (exact) mass is 929 g/mol. The number of halogens is 2. The number of imidazole rings is 1. The Labute approximate surface area is 394 Å². The second-order valence-corrected chi connectivity index (χ2v) is 18.7. The van der Waals surface area contributed by atoms with Crippen molar-refractivity contribution < 1.29 is 42.2 Å². The zero-order chi connectivity index (χ0) is 48.6. The van der Waals surface area contributed by atoms with Crippen LogP contribution in [0, 0.1) is 17.8 Å². The molecule has 0 bridgehead atoms. The standard InChI is InChI=1S/C52H57F2N7O7/c1-28(2)44(58-50(65)67-6)48(63)60-20-10-15-42(60)46-55-26-41(57-46)35-13-8-11-31(22-35)33-16-18-37-38-19-17-34(25-40(38)52(53,54)39(37)24-33)32-12-9-14-36(23-32)56-47(62)43-21-30(5)27-61(43)49(64)45(29(3)4)59-51(66)68-7/h8-9,11-14,16-19,22-26,28-30,42-45H,10,15,20-21,27H2,1-7H3,(H,55,57)(H,56,62)(H,58,65)(H,59,66)/t30?,42-,43-,44?,45-/m0/s1. The van der Waals surface area contributed by atoms with Crippen molar-refractivity contribution in [2.24, 2.45) is 17.8 Å². The third kappa shape index (κ3) is 9.28. The molecule has 8 rings (SSSR count). The molecule has 3 aliphatic rings. The van der Waals surface area contributed by atoms with E-state index in [4.69, 9.17) is 9.47 Å². The van der Waals surface area contributed by atoms with E-state index in [-0.39, 0.29) is 52.6 Å². The summed E-state index contributed by atoms with van der Waals surface area (Å²) in [6.45, 7) is 10.2. The van der Waals surface area contributed by atoms with Crippen LogP contribution >= 0.6 is 0 Å². The van der Waals surface area contributed by atoms with Crippen LogP contribution in [0.5, 0.6) is 0 Å². The number of carbonyl (C=O) groups excluding carboxylic acids is 5. The first kappa shape index (κ1) is 47.4. The SMILES string of the molecule is COC(=O)NC(C(=O)N1CCC[C@H]1c1ncc(-c2cccc(-c3ccc4c(c3)C(F)(F)c3cc(-c5cccc(NC(=O)[C@@H]6CC(C)CN6C(=O)[C@@H](NC(=O)OC)C(C)C)c5)ccc3-4)c2)[nH]1)C(C)C. The summed E-state index contributed by atoms with van der Waals surface area (Å²) >= 11 is 0. The molecule has 0 radical (unpaired) electrons. The summed E-state index contributed by atoms with van der Waals surface area (Å²) in [7, 11) is 2.48. The van der Waals surface area contributed by atoms with Gasteiger partial charge >= 0.3 is 12.2 Å². The molecule has 0 spiro atoms. The summed E-state index contributed by atoms with van der Waals surface area (Å²) < 4.78 is 42.8. The molecule has 2 fully saturated rings. The highest BCUT2D eigenvalue weighted by molar-refractivity contribution is 5.99. The topological polar surface area (TPSA) is 175 Å². The molecule has 5 atom stereocenters. The maximum absolute atomic E-state index is 16.6. The number of H-pyrrole nitrogens is 1. The minimum atomic E-state index is -3.31. The third-order valence-corrected chi connectivity index (χ3v) is 13.3. The maximum atomic E-state index is 16.6. The van der Waals surface area contributed by atoms with Crippen LogP contribution in [0.2, 0.25) is 0 Å². The number of carbonyl (C=O) groups is 5. The molecule has 4 N–H and O–H groups in total. The Balaban J connectivity index is 0.981. The largest absolute Gasteiger partial charge is 0.453 e.